The summed E-state index contributed by atoms with van der Waals surface area (Å²) in [4.78, 5) is 0. The zero-order valence-corrected chi connectivity index (χ0v) is 49.3. The number of fused-ring (bicyclic) bond motifs is 17. The van der Waals surface area contributed by atoms with Crippen molar-refractivity contribution >= 4 is 108 Å². The average molecular weight is 1130 g/mol. The molecule has 0 amide bonds. The van der Waals surface area contributed by atoms with E-state index in [1.54, 1.807) is 0 Å². The van der Waals surface area contributed by atoms with E-state index in [1.165, 1.54) is 186 Å². The Morgan fingerprint density at radius 1 is 0.202 bits per heavy atom. The molecule has 0 radical (unpaired) electrons. The lowest BCUT2D eigenvalue weighted by Gasteiger charge is -2.23. The van der Waals surface area contributed by atoms with Crippen LogP contribution in [0.3, 0.4) is 0 Å². The van der Waals surface area contributed by atoms with Crippen molar-refractivity contribution in [3.8, 4) is 67.0 Å². The van der Waals surface area contributed by atoms with Gasteiger partial charge in [-0.2, -0.15) is 0 Å². The fourth-order valence-electron chi connectivity index (χ4n) is 15.9. The molecule has 0 saturated heterocycles. The summed E-state index contributed by atoms with van der Waals surface area (Å²) < 4.78 is 4.96. The molecule has 0 aliphatic heterocycles. The summed E-state index contributed by atoms with van der Waals surface area (Å²) in [5.41, 5.74) is 22.2. The number of benzene rings is 16. The van der Waals surface area contributed by atoms with Crippen LogP contribution in [-0.4, -0.2) is 9.13 Å². The molecule has 1 aliphatic rings. The molecule has 2 heteroatoms. The summed E-state index contributed by atoms with van der Waals surface area (Å²) in [7, 11) is 0. The summed E-state index contributed by atoms with van der Waals surface area (Å²) in [5, 5.41) is 20.1. The second-order valence-corrected chi connectivity index (χ2v) is 25.1. The first kappa shape index (κ1) is 49.9. The SMILES string of the molecule is CC1(C)c2cc(-c3ccc(-c4ccc5c(c4)c4ccccc4n5-c4cc5ccccc5c5ccccc45)c4ccccc34)ccc2-c2ccc(-c3ccc(-c4ccc5c(c4)c4ccccc4n5-c4cc5ccccc5c5ccccc45)c4ccccc34)cc21. The van der Waals surface area contributed by atoms with Crippen molar-refractivity contribution in [2.75, 3.05) is 0 Å². The van der Waals surface area contributed by atoms with E-state index in [4.69, 9.17) is 0 Å². The highest BCUT2D eigenvalue weighted by Crippen LogP contribution is 2.52. The van der Waals surface area contributed by atoms with E-state index < -0.39 is 0 Å². The smallest absolute Gasteiger partial charge is 0.0546 e. The minimum atomic E-state index is -0.233. The second-order valence-electron chi connectivity index (χ2n) is 25.1. The van der Waals surface area contributed by atoms with Crippen LogP contribution >= 0.6 is 0 Å². The monoisotopic (exact) mass is 1130 g/mol. The van der Waals surface area contributed by atoms with Gasteiger partial charge in [0.15, 0.2) is 0 Å². The number of hydrogen-bond donors (Lipinski definition) is 0. The lowest BCUT2D eigenvalue weighted by molar-refractivity contribution is 0.661. The molecule has 0 unspecified atom stereocenters. The molecule has 414 valence electrons. The van der Waals surface area contributed by atoms with Gasteiger partial charge in [-0.1, -0.05) is 257 Å². The molecule has 2 heterocycles. The summed E-state index contributed by atoms with van der Waals surface area (Å²) in [6.45, 7) is 4.83. The van der Waals surface area contributed by atoms with Gasteiger partial charge in [0.25, 0.3) is 0 Å². The molecule has 0 saturated carbocycles. The summed E-state index contributed by atoms with van der Waals surface area (Å²) in [6, 6.07) is 114. The number of rotatable bonds is 6. The van der Waals surface area contributed by atoms with E-state index in [0.29, 0.717) is 0 Å². The summed E-state index contributed by atoms with van der Waals surface area (Å²) in [5.74, 6) is 0. The fourth-order valence-corrected chi connectivity index (χ4v) is 15.9. The van der Waals surface area contributed by atoms with E-state index >= 15 is 0 Å². The largest absolute Gasteiger partial charge is 0.309 e. The Morgan fingerprint density at radius 3 is 0.876 bits per heavy atom. The molecule has 16 aromatic carbocycles. The van der Waals surface area contributed by atoms with E-state index in [9.17, 15) is 0 Å². The van der Waals surface area contributed by atoms with Gasteiger partial charge >= 0.3 is 0 Å². The first-order valence-electron chi connectivity index (χ1n) is 31.1. The Kier molecular flexibility index (Phi) is 10.6. The Morgan fingerprint density at radius 2 is 0.483 bits per heavy atom. The van der Waals surface area contributed by atoms with E-state index in [2.05, 4.69) is 326 Å². The maximum absolute atomic E-state index is 2.48. The molecule has 89 heavy (non-hydrogen) atoms. The zero-order valence-electron chi connectivity index (χ0n) is 49.3. The minimum Gasteiger partial charge on any atom is -0.309 e. The maximum Gasteiger partial charge on any atom is 0.0546 e. The van der Waals surface area contributed by atoms with Crippen LogP contribution in [0.2, 0.25) is 0 Å². The zero-order chi connectivity index (χ0) is 58.6. The predicted molar refractivity (Wildman–Crippen MR) is 379 cm³/mol. The van der Waals surface area contributed by atoms with Gasteiger partial charge in [0.1, 0.15) is 0 Å². The molecule has 0 bridgehead atoms. The van der Waals surface area contributed by atoms with Gasteiger partial charge in [0.05, 0.1) is 33.4 Å². The molecular weight excluding hydrogens is 1070 g/mol. The molecule has 18 aromatic rings. The lowest BCUT2D eigenvalue weighted by atomic mass is 9.80. The van der Waals surface area contributed by atoms with Crippen molar-refractivity contribution in [1.29, 1.82) is 0 Å². The molecule has 1 aliphatic carbocycles. The fraction of sp³-hybridized carbons (Fsp3) is 0.0345. The standard InChI is InChI=1S/C87H56N2/c1-87(2)79-49-57(63-43-41-61(65-23-7-9-25-67(63)65)55-37-45-83-77(47-55)75-31-15-17-33-81(75)88(83)85-51-53-19-3-5-21-59(53)69-27-11-13-29-73(69)85)35-39-71(79)72-40-36-58(50-80(72)87)64-44-42-62(66-24-8-10-26-68(64)66)56-38-46-84-78(48-56)76-32-16-18-34-82(76)89(84)86-52-54-20-4-6-22-60(54)70-28-12-14-30-74(70)86/h3-52H,1-2H3. The van der Waals surface area contributed by atoms with Crippen LogP contribution in [0.1, 0.15) is 25.0 Å². The minimum absolute atomic E-state index is 0.233. The van der Waals surface area contributed by atoms with E-state index in [1.807, 2.05) is 0 Å². The first-order chi connectivity index (χ1) is 43.9. The maximum atomic E-state index is 2.48. The van der Waals surface area contributed by atoms with E-state index in [-0.39, 0.29) is 5.41 Å². The molecule has 2 aromatic heterocycles. The molecule has 0 atom stereocenters. The van der Waals surface area contributed by atoms with Gasteiger partial charge in [-0.25, -0.2) is 0 Å². The Balaban J connectivity index is 0.672. The Bertz CT molecular complexity index is 5710. The van der Waals surface area contributed by atoms with Crippen molar-refractivity contribution < 1.29 is 0 Å². The molecule has 0 N–H and O–H groups in total. The van der Waals surface area contributed by atoms with Gasteiger partial charge in [-0.3, -0.25) is 0 Å². The van der Waals surface area contributed by atoms with Crippen LogP contribution in [0.5, 0.6) is 0 Å². The predicted octanol–water partition coefficient (Wildman–Crippen LogP) is 23.8. The van der Waals surface area contributed by atoms with Crippen LogP contribution in [0.25, 0.3) is 175 Å². The van der Waals surface area contributed by atoms with Gasteiger partial charge in [0, 0.05) is 37.7 Å². The van der Waals surface area contributed by atoms with Gasteiger partial charge < -0.3 is 9.13 Å². The van der Waals surface area contributed by atoms with Crippen LogP contribution in [0.15, 0.2) is 303 Å². The van der Waals surface area contributed by atoms with Gasteiger partial charge in [-0.05, 0) is 181 Å². The highest BCUT2D eigenvalue weighted by atomic mass is 15.0. The summed E-state index contributed by atoms with van der Waals surface area (Å²) in [6.07, 6.45) is 0. The van der Waals surface area contributed by atoms with Crippen LogP contribution in [-0.2, 0) is 5.41 Å². The van der Waals surface area contributed by atoms with Crippen molar-refractivity contribution in [2.24, 2.45) is 0 Å². The van der Waals surface area contributed by atoms with Crippen molar-refractivity contribution in [1.82, 2.24) is 9.13 Å². The number of hydrogen-bond acceptors (Lipinski definition) is 0. The van der Waals surface area contributed by atoms with Crippen molar-refractivity contribution in [3.05, 3.63) is 314 Å². The van der Waals surface area contributed by atoms with Crippen LogP contribution in [0.4, 0.5) is 0 Å². The Labute approximate surface area is 515 Å². The third kappa shape index (κ3) is 7.26. The Hall–Kier alpha value is -11.3. The second kappa shape index (κ2) is 18.8. The first-order valence-corrected chi connectivity index (χ1v) is 31.1. The average Bonchev–Trinajstić information content (AvgIpc) is 1.72. The van der Waals surface area contributed by atoms with Crippen LogP contribution < -0.4 is 0 Å². The molecule has 0 fully saturated rings. The number of nitrogens with zero attached hydrogens (tertiary/aromatic N) is 2. The quantitative estimate of drug-likeness (QED) is 0.147. The van der Waals surface area contributed by atoms with Crippen LogP contribution in [0, 0.1) is 0 Å². The molecule has 0 spiro atoms. The van der Waals surface area contributed by atoms with Crippen molar-refractivity contribution in [2.45, 2.75) is 19.3 Å². The lowest BCUT2D eigenvalue weighted by Crippen LogP contribution is -2.15. The van der Waals surface area contributed by atoms with E-state index in [0.717, 1.165) is 0 Å². The molecule has 19 rings (SSSR count). The molecular formula is C87H56N2. The number of aromatic nitrogens is 2. The van der Waals surface area contributed by atoms with Gasteiger partial charge in [-0.15, -0.1) is 0 Å². The topological polar surface area (TPSA) is 9.86 Å². The van der Waals surface area contributed by atoms with Gasteiger partial charge in [0.2, 0.25) is 0 Å². The highest BCUT2D eigenvalue weighted by Gasteiger charge is 2.36. The third-order valence-electron chi connectivity index (χ3n) is 20.1. The highest BCUT2D eigenvalue weighted by molar-refractivity contribution is 6.19. The molecule has 2 nitrogen and oxygen atoms in total. The normalized spacial score (nSPS) is 12.9. The summed E-state index contributed by atoms with van der Waals surface area (Å²) >= 11 is 0. The third-order valence-corrected chi connectivity index (χ3v) is 20.1. The number of para-hydroxylation sites is 2. The van der Waals surface area contributed by atoms with Crippen molar-refractivity contribution in [3.63, 3.8) is 0 Å².